The molecule has 1 saturated carbocycles. The normalized spacial score (nSPS) is 18.7. The summed E-state index contributed by atoms with van der Waals surface area (Å²) in [6.07, 6.45) is 5.72. The predicted octanol–water partition coefficient (Wildman–Crippen LogP) is 3.24. The van der Waals surface area contributed by atoms with Gasteiger partial charge in [-0.05, 0) is 12.8 Å². The zero-order valence-corrected chi connectivity index (χ0v) is 8.63. The van der Waals surface area contributed by atoms with Gasteiger partial charge in [-0.2, -0.15) is 0 Å². The average molecular weight is 179 g/mol. The maximum absolute atomic E-state index is 5.74. The molecular formula is C11H17NO. The second-order valence-corrected chi connectivity index (χ2v) is 4.94. The first-order valence-electron chi connectivity index (χ1n) is 5.03. The lowest BCUT2D eigenvalue weighted by Gasteiger charge is -2.22. The minimum absolute atomic E-state index is 0.0923. The monoisotopic (exact) mass is 179 g/mol. The lowest BCUT2D eigenvalue weighted by atomic mass is 9.85. The molecule has 2 nitrogen and oxygen atoms in total. The third-order valence-electron chi connectivity index (χ3n) is 2.72. The van der Waals surface area contributed by atoms with Crippen molar-refractivity contribution in [2.24, 2.45) is 0 Å². The van der Waals surface area contributed by atoms with Crippen molar-refractivity contribution in [1.29, 1.82) is 0 Å². The summed E-state index contributed by atoms with van der Waals surface area (Å²) in [5.74, 6) is 2.57. The summed E-state index contributed by atoms with van der Waals surface area (Å²) in [4.78, 5) is 4.34. The molecule has 1 aliphatic rings. The molecule has 0 saturated heterocycles. The first-order chi connectivity index (χ1) is 6.07. The van der Waals surface area contributed by atoms with Gasteiger partial charge in [-0.1, -0.05) is 27.2 Å². The third kappa shape index (κ3) is 1.62. The van der Waals surface area contributed by atoms with Crippen LogP contribution in [-0.2, 0) is 5.41 Å². The van der Waals surface area contributed by atoms with Gasteiger partial charge in [0, 0.05) is 11.3 Å². The molecule has 0 atom stereocenters. The van der Waals surface area contributed by atoms with E-state index >= 15 is 0 Å². The summed E-state index contributed by atoms with van der Waals surface area (Å²) in [6, 6.07) is 0. The van der Waals surface area contributed by atoms with E-state index in [2.05, 4.69) is 25.8 Å². The first-order valence-corrected chi connectivity index (χ1v) is 5.03. The van der Waals surface area contributed by atoms with Crippen molar-refractivity contribution in [3.63, 3.8) is 0 Å². The van der Waals surface area contributed by atoms with E-state index in [4.69, 9.17) is 4.42 Å². The van der Waals surface area contributed by atoms with Crippen molar-refractivity contribution < 1.29 is 4.42 Å². The van der Waals surface area contributed by atoms with Gasteiger partial charge in [-0.15, -0.1) is 0 Å². The molecule has 0 amide bonds. The van der Waals surface area contributed by atoms with Gasteiger partial charge in [-0.25, -0.2) is 4.98 Å². The van der Waals surface area contributed by atoms with Gasteiger partial charge < -0.3 is 4.42 Å². The molecule has 2 heteroatoms. The van der Waals surface area contributed by atoms with E-state index in [0.717, 1.165) is 11.7 Å². The summed E-state index contributed by atoms with van der Waals surface area (Å²) >= 11 is 0. The van der Waals surface area contributed by atoms with Crippen LogP contribution in [0.2, 0.25) is 0 Å². The van der Waals surface area contributed by atoms with Gasteiger partial charge in [-0.3, -0.25) is 0 Å². The van der Waals surface area contributed by atoms with Gasteiger partial charge in [0.25, 0.3) is 0 Å². The van der Waals surface area contributed by atoms with Crippen molar-refractivity contribution in [2.75, 3.05) is 0 Å². The van der Waals surface area contributed by atoms with Gasteiger partial charge in [0.15, 0.2) is 5.89 Å². The number of nitrogens with zero attached hydrogens (tertiary/aromatic N) is 1. The van der Waals surface area contributed by atoms with Crippen LogP contribution in [0.1, 0.15) is 57.6 Å². The van der Waals surface area contributed by atoms with Gasteiger partial charge in [0.1, 0.15) is 5.76 Å². The third-order valence-corrected chi connectivity index (χ3v) is 2.72. The summed E-state index contributed by atoms with van der Waals surface area (Å²) in [5.41, 5.74) is 0.0923. The Morgan fingerprint density at radius 1 is 1.38 bits per heavy atom. The predicted molar refractivity (Wildman–Crippen MR) is 51.8 cm³/mol. The Hall–Kier alpha value is -0.790. The second-order valence-electron chi connectivity index (χ2n) is 4.94. The van der Waals surface area contributed by atoms with Crippen LogP contribution in [0.3, 0.4) is 0 Å². The summed E-state index contributed by atoms with van der Waals surface area (Å²) in [7, 11) is 0. The van der Waals surface area contributed by atoms with Crippen molar-refractivity contribution in [3.8, 4) is 0 Å². The van der Waals surface area contributed by atoms with Gasteiger partial charge in [0.05, 0.1) is 6.20 Å². The van der Waals surface area contributed by atoms with E-state index in [1.807, 2.05) is 6.20 Å². The van der Waals surface area contributed by atoms with E-state index in [1.54, 1.807) is 0 Å². The lowest BCUT2D eigenvalue weighted by Crippen LogP contribution is -2.10. The number of aromatic nitrogens is 1. The van der Waals surface area contributed by atoms with E-state index in [9.17, 15) is 0 Å². The Balaban J connectivity index is 2.17. The molecule has 0 aliphatic heterocycles. The quantitative estimate of drug-likeness (QED) is 0.661. The highest BCUT2D eigenvalue weighted by Crippen LogP contribution is 2.37. The molecule has 1 aromatic rings. The fourth-order valence-electron chi connectivity index (χ4n) is 1.48. The van der Waals surface area contributed by atoms with Crippen LogP contribution >= 0.6 is 0 Å². The molecule has 0 spiro atoms. The minimum atomic E-state index is 0.0923. The van der Waals surface area contributed by atoms with E-state index in [0.29, 0.717) is 5.92 Å². The highest BCUT2D eigenvalue weighted by molar-refractivity contribution is 5.09. The topological polar surface area (TPSA) is 26.0 Å². The first kappa shape index (κ1) is 8.79. The van der Waals surface area contributed by atoms with Crippen molar-refractivity contribution >= 4 is 0 Å². The fourth-order valence-corrected chi connectivity index (χ4v) is 1.48. The van der Waals surface area contributed by atoms with Crippen LogP contribution in [0.25, 0.3) is 0 Å². The Labute approximate surface area is 79.4 Å². The number of hydrogen-bond acceptors (Lipinski definition) is 2. The molecule has 2 rings (SSSR count). The van der Waals surface area contributed by atoms with Crippen LogP contribution in [0, 0.1) is 0 Å². The van der Waals surface area contributed by atoms with Gasteiger partial charge >= 0.3 is 0 Å². The average Bonchev–Trinajstić information content (AvgIpc) is 2.29. The highest BCUT2D eigenvalue weighted by Gasteiger charge is 2.26. The molecule has 1 aromatic heterocycles. The second kappa shape index (κ2) is 2.86. The van der Waals surface area contributed by atoms with Crippen LogP contribution in [0.5, 0.6) is 0 Å². The van der Waals surface area contributed by atoms with E-state index in [-0.39, 0.29) is 5.41 Å². The smallest absolute Gasteiger partial charge is 0.197 e. The van der Waals surface area contributed by atoms with Crippen LogP contribution in [0.4, 0.5) is 0 Å². The molecule has 1 aliphatic carbocycles. The lowest BCUT2D eigenvalue weighted by molar-refractivity contribution is 0.306. The standard InChI is InChI=1S/C11H17NO/c1-11(2,3)9-7-12-10(13-9)8-5-4-6-8/h7-8H,4-6H2,1-3H3. The Morgan fingerprint density at radius 2 is 2.08 bits per heavy atom. The molecule has 13 heavy (non-hydrogen) atoms. The number of rotatable bonds is 1. The Morgan fingerprint density at radius 3 is 2.46 bits per heavy atom. The maximum atomic E-state index is 5.74. The molecule has 0 unspecified atom stereocenters. The summed E-state index contributed by atoms with van der Waals surface area (Å²) in [6.45, 7) is 6.45. The van der Waals surface area contributed by atoms with E-state index in [1.165, 1.54) is 19.3 Å². The summed E-state index contributed by atoms with van der Waals surface area (Å²) in [5, 5.41) is 0. The van der Waals surface area contributed by atoms with Crippen LogP contribution in [-0.4, -0.2) is 4.98 Å². The van der Waals surface area contributed by atoms with Crippen molar-refractivity contribution in [2.45, 2.75) is 51.4 Å². The molecule has 0 N–H and O–H groups in total. The molecule has 1 fully saturated rings. The molecule has 72 valence electrons. The van der Waals surface area contributed by atoms with Crippen molar-refractivity contribution in [1.82, 2.24) is 4.98 Å². The SMILES string of the molecule is CC(C)(C)c1cnc(C2CCC2)o1. The number of oxazole rings is 1. The van der Waals surface area contributed by atoms with E-state index < -0.39 is 0 Å². The highest BCUT2D eigenvalue weighted by atomic mass is 16.4. The zero-order valence-electron chi connectivity index (χ0n) is 8.63. The summed E-state index contributed by atoms with van der Waals surface area (Å²) < 4.78 is 5.74. The Kier molecular flexibility index (Phi) is 1.94. The molecule has 0 aromatic carbocycles. The van der Waals surface area contributed by atoms with Crippen LogP contribution in [0.15, 0.2) is 10.6 Å². The molecule has 0 radical (unpaired) electrons. The Bertz CT molecular complexity index is 291. The van der Waals surface area contributed by atoms with Crippen LogP contribution < -0.4 is 0 Å². The van der Waals surface area contributed by atoms with Crippen molar-refractivity contribution in [3.05, 3.63) is 17.8 Å². The molecule has 1 heterocycles. The zero-order chi connectivity index (χ0) is 9.47. The minimum Gasteiger partial charge on any atom is -0.445 e. The largest absolute Gasteiger partial charge is 0.445 e. The molecule has 0 bridgehead atoms. The maximum Gasteiger partial charge on any atom is 0.197 e. The van der Waals surface area contributed by atoms with Gasteiger partial charge in [0.2, 0.25) is 0 Å². The number of hydrogen-bond donors (Lipinski definition) is 0. The molecular weight excluding hydrogens is 162 g/mol. The fraction of sp³-hybridized carbons (Fsp3) is 0.727.